The Morgan fingerprint density at radius 3 is 2.60 bits per heavy atom. The molecule has 0 fully saturated rings. The van der Waals surface area contributed by atoms with Crippen LogP contribution in [0.25, 0.3) is 0 Å². The van der Waals surface area contributed by atoms with Crippen LogP contribution in [0.2, 0.25) is 0 Å². The Labute approximate surface area is 122 Å². The molecular weight excluding hydrogens is 252 g/mol. The molecule has 0 bridgehead atoms. The Kier molecular flexibility index (Phi) is 6.48. The van der Waals surface area contributed by atoms with Gasteiger partial charge in [0.25, 0.3) is 0 Å². The van der Waals surface area contributed by atoms with Crippen LogP contribution in [0.5, 0.6) is 0 Å². The highest BCUT2D eigenvalue weighted by atomic mass is 15.3. The molecule has 1 aromatic heterocycles. The van der Waals surface area contributed by atoms with Crippen molar-refractivity contribution in [3.63, 3.8) is 0 Å². The summed E-state index contributed by atoms with van der Waals surface area (Å²) < 4.78 is 1.75. The average Bonchev–Trinajstić information content (AvgIpc) is 2.77. The van der Waals surface area contributed by atoms with Gasteiger partial charge in [-0.15, -0.1) is 0 Å². The summed E-state index contributed by atoms with van der Waals surface area (Å²) in [5, 5.41) is 10.6. The van der Waals surface area contributed by atoms with Crippen molar-refractivity contribution in [1.82, 2.24) is 25.4 Å². The van der Waals surface area contributed by atoms with E-state index in [-0.39, 0.29) is 0 Å². The smallest absolute Gasteiger partial charge is 0.191 e. The highest BCUT2D eigenvalue weighted by molar-refractivity contribution is 5.79. The fourth-order valence-electron chi connectivity index (χ4n) is 1.85. The van der Waals surface area contributed by atoms with Crippen molar-refractivity contribution in [2.45, 2.75) is 46.6 Å². The lowest BCUT2D eigenvalue weighted by atomic mass is 9.90. The van der Waals surface area contributed by atoms with Crippen LogP contribution in [-0.2, 0) is 13.6 Å². The Morgan fingerprint density at radius 1 is 1.30 bits per heavy atom. The molecule has 0 spiro atoms. The molecule has 20 heavy (non-hydrogen) atoms. The molecule has 0 saturated carbocycles. The van der Waals surface area contributed by atoms with E-state index in [1.807, 2.05) is 7.05 Å². The molecule has 1 rings (SSSR count). The van der Waals surface area contributed by atoms with Gasteiger partial charge in [0.1, 0.15) is 12.2 Å². The first-order valence-electron chi connectivity index (χ1n) is 7.20. The van der Waals surface area contributed by atoms with Crippen LogP contribution < -0.4 is 10.6 Å². The molecule has 0 aliphatic heterocycles. The van der Waals surface area contributed by atoms with Gasteiger partial charge in [-0.25, -0.2) is 4.98 Å². The minimum atomic E-state index is 0.422. The molecule has 2 N–H and O–H groups in total. The lowest BCUT2D eigenvalue weighted by molar-refractivity contribution is 0.360. The third-order valence-corrected chi connectivity index (χ3v) is 3.09. The molecule has 0 aliphatic rings. The third-order valence-electron chi connectivity index (χ3n) is 3.09. The van der Waals surface area contributed by atoms with Gasteiger partial charge in [-0.1, -0.05) is 27.2 Å². The predicted molar refractivity (Wildman–Crippen MR) is 82.5 cm³/mol. The highest BCUT2D eigenvalue weighted by Crippen LogP contribution is 2.21. The number of aliphatic imine (C=N–C) groups is 1. The van der Waals surface area contributed by atoms with Crippen LogP contribution in [0.1, 0.15) is 45.9 Å². The van der Waals surface area contributed by atoms with Gasteiger partial charge in [0, 0.05) is 20.6 Å². The lowest BCUT2D eigenvalue weighted by Gasteiger charge is -2.18. The summed E-state index contributed by atoms with van der Waals surface area (Å²) in [6.45, 7) is 8.40. The van der Waals surface area contributed by atoms with Crippen LogP contribution in [0, 0.1) is 5.41 Å². The third kappa shape index (κ3) is 6.54. The van der Waals surface area contributed by atoms with Crippen LogP contribution in [0.4, 0.5) is 0 Å². The molecule has 1 aromatic rings. The average molecular weight is 280 g/mol. The van der Waals surface area contributed by atoms with Gasteiger partial charge < -0.3 is 10.6 Å². The zero-order valence-electron chi connectivity index (χ0n) is 13.4. The van der Waals surface area contributed by atoms with Crippen LogP contribution in [0.3, 0.4) is 0 Å². The number of nitrogens with zero attached hydrogens (tertiary/aromatic N) is 4. The van der Waals surface area contributed by atoms with Gasteiger partial charge in [0.2, 0.25) is 0 Å². The van der Waals surface area contributed by atoms with Gasteiger partial charge in [-0.3, -0.25) is 9.67 Å². The minimum Gasteiger partial charge on any atom is -0.356 e. The van der Waals surface area contributed by atoms with E-state index >= 15 is 0 Å². The Balaban J connectivity index is 2.19. The zero-order chi connectivity index (χ0) is 15.0. The second-order valence-electron chi connectivity index (χ2n) is 6.17. The quantitative estimate of drug-likeness (QED) is 0.473. The summed E-state index contributed by atoms with van der Waals surface area (Å²) in [5.41, 5.74) is 0.422. The van der Waals surface area contributed by atoms with Crippen molar-refractivity contribution in [3.05, 3.63) is 12.2 Å². The number of aryl methyl sites for hydroxylation is 1. The second-order valence-corrected chi connectivity index (χ2v) is 6.17. The summed E-state index contributed by atoms with van der Waals surface area (Å²) in [7, 11) is 3.66. The van der Waals surface area contributed by atoms with E-state index in [0.29, 0.717) is 12.0 Å². The first kappa shape index (κ1) is 16.5. The number of unbranched alkanes of at least 4 members (excludes halogenated alkanes) is 1. The van der Waals surface area contributed by atoms with Crippen molar-refractivity contribution in [2.75, 3.05) is 13.6 Å². The van der Waals surface area contributed by atoms with Gasteiger partial charge >= 0.3 is 0 Å². The number of hydrogen-bond acceptors (Lipinski definition) is 3. The Morgan fingerprint density at radius 2 is 2.05 bits per heavy atom. The number of hydrogen-bond donors (Lipinski definition) is 2. The molecule has 6 nitrogen and oxygen atoms in total. The molecule has 114 valence electrons. The van der Waals surface area contributed by atoms with Crippen LogP contribution >= 0.6 is 0 Å². The highest BCUT2D eigenvalue weighted by Gasteiger charge is 2.09. The SMILES string of the molecule is CN=C(NCCCCC(C)(C)C)NCc1ncnn1C. The zero-order valence-corrected chi connectivity index (χ0v) is 13.4. The predicted octanol–water partition coefficient (Wildman–Crippen LogP) is 1.70. The largest absolute Gasteiger partial charge is 0.356 e. The maximum absolute atomic E-state index is 4.20. The molecule has 0 unspecified atom stereocenters. The summed E-state index contributed by atoms with van der Waals surface area (Å²) in [6.07, 6.45) is 5.19. The van der Waals surface area contributed by atoms with Crippen molar-refractivity contribution in [3.8, 4) is 0 Å². The normalized spacial score (nSPS) is 12.6. The van der Waals surface area contributed by atoms with E-state index in [9.17, 15) is 0 Å². The molecule has 0 radical (unpaired) electrons. The Hall–Kier alpha value is -1.59. The fraction of sp³-hybridized carbons (Fsp3) is 0.786. The number of aromatic nitrogens is 3. The maximum atomic E-state index is 4.20. The number of rotatable bonds is 6. The Bertz CT molecular complexity index is 416. The van der Waals surface area contributed by atoms with E-state index in [2.05, 4.69) is 46.5 Å². The molecular formula is C14H28N6. The van der Waals surface area contributed by atoms with Gasteiger partial charge in [-0.05, 0) is 18.3 Å². The monoisotopic (exact) mass is 280 g/mol. The van der Waals surface area contributed by atoms with Crippen molar-refractivity contribution < 1.29 is 0 Å². The lowest BCUT2D eigenvalue weighted by Crippen LogP contribution is -2.37. The maximum Gasteiger partial charge on any atom is 0.191 e. The van der Waals surface area contributed by atoms with E-state index in [1.54, 1.807) is 18.1 Å². The fourth-order valence-corrected chi connectivity index (χ4v) is 1.85. The van der Waals surface area contributed by atoms with Crippen molar-refractivity contribution in [1.29, 1.82) is 0 Å². The molecule has 0 saturated heterocycles. The van der Waals surface area contributed by atoms with Crippen molar-refractivity contribution >= 4 is 5.96 Å². The molecule has 0 aromatic carbocycles. The summed E-state index contributed by atoms with van der Waals surface area (Å²) >= 11 is 0. The van der Waals surface area contributed by atoms with E-state index in [0.717, 1.165) is 24.7 Å². The van der Waals surface area contributed by atoms with E-state index < -0.39 is 0 Å². The standard InChI is InChI=1S/C14H28N6/c1-14(2,3)8-6-7-9-16-13(15-4)17-10-12-18-11-19-20(12)5/h11H,6-10H2,1-5H3,(H2,15,16,17). The minimum absolute atomic E-state index is 0.422. The number of guanidine groups is 1. The summed E-state index contributed by atoms with van der Waals surface area (Å²) in [4.78, 5) is 8.37. The topological polar surface area (TPSA) is 67.1 Å². The molecule has 0 atom stereocenters. The van der Waals surface area contributed by atoms with Gasteiger partial charge in [0.05, 0.1) is 6.54 Å². The van der Waals surface area contributed by atoms with Crippen LogP contribution in [0.15, 0.2) is 11.3 Å². The summed E-state index contributed by atoms with van der Waals surface area (Å²) in [6, 6.07) is 0. The van der Waals surface area contributed by atoms with Crippen molar-refractivity contribution in [2.24, 2.45) is 17.5 Å². The van der Waals surface area contributed by atoms with E-state index in [4.69, 9.17) is 0 Å². The van der Waals surface area contributed by atoms with Gasteiger partial charge in [0.15, 0.2) is 5.96 Å². The van der Waals surface area contributed by atoms with E-state index in [1.165, 1.54) is 12.8 Å². The first-order chi connectivity index (χ1) is 9.42. The molecule has 0 aliphatic carbocycles. The van der Waals surface area contributed by atoms with Gasteiger partial charge in [-0.2, -0.15) is 5.10 Å². The number of nitrogens with one attached hydrogen (secondary N) is 2. The first-order valence-corrected chi connectivity index (χ1v) is 7.20. The molecule has 0 amide bonds. The molecule has 6 heteroatoms. The molecule has 1 heterocycles. The second kappa shape index (κ2) is 7.87. The summed E-state index contributed by atoms with van der Waals surface area (Å²) in [5.74, 6) is 1.70. The van der Waals surface area contributed by atoms with Crippen LogP contribution in [-0.4, -0.2) is 34.3 Å².